The number of hydrogen-bond donors (Lipinski definition) is 0. The van der Waals surface area contributed by atoms with E-state index in [-0.39, 0.29) is 10.7 Å². The van der Waals surface area contributed by atoms with Crippen LogP contribution in [-0.4, -0.2) is 14.5 Å². The second kappa shape index (κ2) is 4.76. The van der Waals surface area contributed by atoms with E-state index in [4.69, 9.17) is 11.6 Å². The molecule has 4 nitrogen and oxygen atoms in total. The Morgan fingerprint density at radius 3 is 2.88 bits per heavy atom. The number of rotatable bonds is 2. The van der Waals surface area contributed by atoms with E-state index >= 15 is 0 Å². The van der Waals surface area contributed by atoms with Gasteiger partial charge in [0.2, 0.25) is 0 Å². The van der Waals surface area contributed by atoms with E-state index in [1.807, 2.05) is 12.1 Å². The van der Waals surface area contributed by atoms with Crippen molar-refractivity contribution in [1.82, 2.24) is 14.5 Å². The van der Waals surface area contributed by atoms with Gasteiger partial charge in [0.05, 0.1) is 12.2 Å². The molecule has 6 heteroatoms. The molecule has 0 aliphatic heterocycles. The number of halogens is 2. The van der Waals surface area contributed by atoms with Gasteiger partial charge in [0.15, 0.2) is 5.15 Å². The fourth-order valence-electron chi connectivity index (χ4n) is 1.22. The minimum Gasteiger partial charge on any atom is -0.305 e. The Morgan fingerprint density at radius 2 is 2.19 bits per heavy atom. The molecule has 2 rings (SSSR count). The summed E-state index contributed by atoms with van der Waals surface area (Å²) in [5, 5.41) is -0.0281. The SMILES string of the molecule is O=c1c(Cl)nccn1Cc1ccc(Br)cn1. The second-order valence-corrected chi connectivity index (χ2v) is 4.39. The van der Waals surface area contributed by atoms with Gasteiger partial charge < -0.3 is 4.57 Å². The Kier molecular flexibility index (Phi) is 3.36. The average molecular weight is 301 g/mol. The Balaban J connectivity index is 2.31. The highest BCUT2D eigenvalue weighted by atomic mass is 79.9. The van der Waals surface area contributed by atoms with Gasteiger partial charge in [-0.15, -0.1) is 0 Å². The van der Waals surface area contributed by atoms with Crippen LogP contribution in [0.2, 0.25) is 5.15 Å². The summed E-state index contributed by atoms with van der Waals surface area (Å²) in [6, 6.07) is 3.71. The molecule has 0 amide bonds. The summed E-state index contributed by atoms with van der Waals surface area (Å²) < 4.78 is 2.36. The minimum absolute atomic E-state index is 0.0281. The lowest BCUT2D eigenvalue weighted by atomic mass is 10.3. The van der Waals surface area contributed by atoms with Gasteiger partial charge in [-0.05, 0) is 28.1 Å². The van der Waals surface area contributed by atoms with Crippen LogP contribution >= 0.6 is 27.5 Å². The number of hydrogen-bond acceptors (Lipinski definition) is 3. The van der Waals surface area contributed by atoms with E-state index in [0.29, 0.717) is 6.54 Å². The van der Waals surface area contributed by atoms with E-state index < -0.39 is 0 Å². The zero-order chi connectivity index (χ0) is 11.5. The highest BCUT2D eigenvalue weighted by molar-refractivity contribution is 9.10. The lowest BCUT2D eigenvalue weighted by molar-refractivity contribution is 0.729. The molecular weight excluding hydrogens is 293 g/mol. The van der Waals surface area contributed by atoms with Gasteiger partial charge in [0.25, 0.3) is 5.56 Å². The molecule has 0 bridgehead atoms. The zero-order valence-electron chi connectivity index (χ0n) is 8.10. The molecule has 0 saturated heterocycles. The Hall–Kier alpha value is -1.20. The van der Waals surface area contributed by atoms with E-state index in [1.54, 1.807) is 12.4 Å². The first-order valence-corrected chi connectivity index (χ1v) is 5.65. The summed E-state index contributed by atoms with van der Waals surface area (Å²) in [7, 11) is 0. The minimum atomic E-state index is -0.311. The largest absolute Gasteiger partial charge is 0.305 e. The highest BCUT2D eigenvalue weighted by Crippen LogP contribution is 2.08. The molecule has 2 aromatic rings. The van der Waals surface area contributed by atoms with Crippen LogP contribution in [0, 0.1) is 0 Å². The van der Waals surface area contributed by atoms with Crippen LogP contribution in [0.5, 0.6) is 0 Å². The van der Waals surface area contributed by atoms with Crippen LogP contribution in [-0.2, 0) is 6.54 Å². The summed E-state index contributed by atoms with van der Waals surface area (Å²) in [6.45, 7) is 0.383. The van der Waals surface area contributed by atoms with Gasteiger partial charge >= 0.3 is 0 Å². The molecule has 0 aliphatic rings. The summed E-state index contributed by atoms with van der Waals surface area (Å²) in [4.78, 5) is 19.4. The molecule has 0 unspecified atom stereocenters. The normalized spacial score (nSPS) is 10.4. The summed E-state index contributed by atoms with van der Waals surface area (Å²) in [5.74, 6) is 0. The molecular formula is C10H7BrClN3O. The van der Waals surface area contributed by atoms with Gasteiger partial charge in [-0.1, -0.05) is 11.6 Å². The quantitative estimate of drug-likeness (QED) is 0.853. The fraction of sp³-hybridized carbons (Fsp3) is 0.100. The van der Waals surface area contributed by atoms with Gasteiger partial charge in [-0.2, -0.15) is 0 Å². The summed E-state index contributed by atoms with van der Waals surface area (Å²) in [6.07, 6.45) is 4.75. The molecule has 0 fully saturated rings. The lowest BCUT2D eigenvalue weighted by Crippen LogP contribution is -2.21. The van der Waals surface area contributed by atoms with Gasteiger partial charge in [-0.3, -0.25) is 9.78 Å². The van der Waals surface area contributed by atoms with E-state index in [2.05, 4.69) is 25.9 Å². The lowest BCUT2D eigenvalue weighted by Gasteiger charge is -2.04. The van der Waals surface area contributed by atoms with Crippen LogP contribution < -0.4 is 5.56 Å². The van der Waals surface area contributed by atoms with Crippen molar-refractivity contribution in [2.45, 2.75) is 6.54 Å². The van der Waals surface area contributed by atoms with Crippen LogP contribution in [0.1, 0.15) is 5.69 Å². The smallest absolute Gasteiger partial charge is 0.288 e. The molecule has 2 aromatic heterocycles. The molecule has 0 aromatic carbocycles. The van der Waals surface area contributed by atoms with Crippen LogP contribution in [0.4, 0.5) is 0 Å². The molecule has 0 spiro atoms. The summed E-state index contributed by atoms with van der Waals surface area (Å²) in [5.41, 5.74) is 0.474. The van der Waals surface area contributed by atoms with Crippen molar-refractivity contribution >= 4 is 27.5 Å². The van der Waals surface area contributed by atoms with Crippen LogP contribution in [0.25, 0.3) is 0 Å². The fourth-order valence-corrected chi connectivity index (χ4v) is 1.62. The first-order valence-electron chi connectivity index (χ1n) is 4.48. The second-order valence-electron chi connectivity index (χ2n) is 3.12. The van der Waals surface area contributed by atoms with E-state index in [1.165, 1.54) is 10.8 Å². The van der Waals surface area contributed by atoms with Crippen molar-refractivity contribution in [2.24, 2.45) is 0 Å². The van der Waals surface area contributed by atoms with Crippen molar-refractivity contribution in [1.29, 1.82) is 0 Å². The molecule has 0 aliphatic carbocycles. The topological polar surface area (TPSA) is 47.8 Å². The monoisotopic (exact) mass is 299 g/mol. The van der Waals surface area contributed by atoms with Crippen molar-refractivity contribution in [3.63, 3.8) is 0 Å². The van der Waals surface area contributed by atoms with E-state index in [0.717, 1.165) is 10.2 Å². The standard InChI is InChI=1S/C10H7BrClN3O/c11-7-1-2-8(14-5-7)6-15-4-3-13-9(12)10(15)16/h1-5H,6H2. The Labute approximate surface area is 105 Å². The molecule has 2 heterocycles. The molecule has 82 valence electrons. The number of aromatic nitrogens is 3. The van der Waals surface area contributed by atoms with Crippen molar-refractivity contribution in [2.75, 3.05) is 0 Å². The number of nitrogens with zero attached hydrogens (tertiary/aromatic N) is 3. The third kappa shape index (κ3) is 2.48. The van der Waals surface area contributed by atoms with Gasteiger partial charge in [0, 0.05) is 23.1 Å². The third-order valence-electron chi connectivity index (χ3n) is 1.99. The summed E-state index contributed by atoms with van der Waals surface area (Å²) >= 11 is 8.93. The van der Waals surface area contributed by atoms with Crippen LogP contribution in [0.15, 0.2) is 40.0 Å². The van der Waals surface area contributed by atoms with E-state index in [9.17, 15) is 4.79 Å². The maximum absolute atomic E-state index is 11.6. The third-order valence-corrected chi connectivity index (χ3v) is 2.72. The predicted octanol–water partition coefficient (Wildman–Crippen LogP) is 2.10. The predicted molar refractivity (Wildman–Crippen MR) is 64.5 cm³/mol. The van der Waals surface area contributed by atoms with Crippen LogP contribution in [0.3, 0.4) is 0 Å². The molecule has 0 N–H and O–H groups in total. The maximum Gasteiger partial charge on any atom is 0.288 e. The van der Waals surface area contributed by atoms with Crippen molar-refractivity contribution < 1.29 is 0 Å². The first kappa shape index (κ1) is 11.3. The van der Waals surface area contributed by atoms with Crippen molar-refractivity contribution in [3.05, 3.63) is 56.4 Å². The maximum atomic E-state index is 11.6. The van der Waals surface area contributed by atoms with Gasteiger partial charge in [0.1, 0.15) is 0 Å². The van der Waals surface area contributed by atoms with Gasteiger partial charge in [-0.25, -0.2) is 4.98 Å². The molecule has 0 radical (unpaired) electrons. The molecule has 16 heavy (non-hydrogen) atoms. The zero-order valence-corrected chi connectivity index (χ0v) is 10.4. The Bertz CT molecular complexity index is 553. The van der Waals surface area contributed by atoms with Crippen molar-refractivity contribution in [3.8, 4) is 0 Å². The Morgan fingerprint density at radius 1 is 1.38 bits per heavy atom. The first-order chi connectivity index (χ1) is 7.66. The molecule has 0 saturated carbocycles. The molecule has 0 atom stereocenters. The average Bonchev–Trinajstić information content (AvgIpc) is 2.28. The number of pyridine rings is 1. The highest BCUT2D eigenvalue weighted by Gasteiger charge is 2.03.